The maximum absolute atomic E-state index is 12.7. The van der Waals surface area contributed by atoms with Gasteiger partial charge in [-0.05, 0) is 48.6 Å². The number of esters is 2. The normalized spacial score (nSPS) is 15.1. The smallest absolute Gasteiger partial charge is 0.355 e. The number of anilines is 2. The van der Waals surface area contributed by atoms with Crippen molar-refractivity contribution in [1.29, 1.82) is 0 Å². The van der Waals surface area contributed by atoms with E-state index in [0.717, 1.165) is 4.90 Å². The van der Waals surface area contributed by atoms with Crippen molar-refractivity contribution < 1.29 is 28.7 Å². The van der Waals surface area contributed by atoms with Crippen molar-refractivity contribution in [2.75, 3.05) is 24.0 Å². The molecule has 0 radical (unpaired) electrons. The van der Waals surface area contributed by atoms with Gasteiger partial charge in [0.1, 0.15) is 5.70 Å². The Morgan fingerprint density at radius 3 is 1.88 bits per heavy atom. The molecule has 0 atom stereocenters. The van der Waals surface area contributed by atoms with Crippen molar-refractivity contribution in [3.8, 4) is 0 Å². The second-order valence-electron chi connectivity index (χ2n) is 6.82. The van der Waals surface area contributed by atoms with E-state index in [9.17, 15) is 19.2 Å². The number of benzene rings is 2. The zero-order valence-electron chi connectivity index (χ0n) is 17.3. The van der Waals surface area contributed by atoms with Crippen LogP contribution in [-0.4, -0.2) is 38.0 Å². The van der Waals surface area contributed by atoms with Crippen LogP contribution in [0.5, 0.6) is 0 Å². The van der Waals surface area contributed by atoms with Crippen LogP contribution in [0.25, 0.3) is 0 Å². The van der Waals surface area contributed by atoms with Crippen LogP contribution in [0.2, 0.25) is 0 Å². The summed E-state index contributed by atoms with van der Waals surface area (Å²) in [5, 5.41) is 0. The third kappa shape index (κ3) is 3.37. The van der Waals surface area contributed by atoms with Crippen molar-refractivity contribution in [3.05, 3.63) is 95.4 Å². The second-order valence-corrected chi connectivity index (χ2v) is 6.82. The first-order chi connectivity index (χ1) is 15.5. The van der Waals surface area contributed by atoms with E-state index >= 15 is 0 Å². The summed E-state index contributed by atoms with van der Waals surface area (Å²) in [5.41, 5.74) is 1.58. The van der Waals surface area contributed by atoms with Gasteiger partial charge in [0, 0.05) is 11.9 Å². The van der Waals surface area contributed by atoms with Gasteiger partial charge in [-0.25, -0.2) is 14.5 Å². The highest BCUT2D eigenvalue weighted by molar-refractivity contribution is 6.34. The molecule has 8 heteroatoms. The van der Waals surface area contributed by atoms with Crippen LogP contribution in [0.15, 0.2) is 84.2 Å². The number of allylic oxidation sites excluding steroid dienone is 2. The second kappa shape index (κ2) is 8.35. The van der Waals surface area contributed by atoms with Gasteiger partial charge in [0.05, 0.1) is 36.6 Å². The first-order valence-corrected chi connectivity index (χ1v) is 9.60. The Balaban J connectivity index is 1.72. The predicted molar refractivity (Wildman–Crippen MR) is 116 cm³/mol. The lowest BCUT2D eigenvalue weighted by atomic mass is 10.1. The maximum atomic E-state index is 12.7. The minimum absolute atomic E-state index is 0.0220. The molecule has 2 aliphatic heterocycles. The summed E-state index contributed by atoms with van der Waals surface area (Å²) in [6, 6.07) is 13.1. The summed E-state index contributed by atoms with van der Waals surface area (Å²) in [6.07, 6.45) is 6.30. The number of hydrogen-bond donors (Lipinski definition) is 0. The number of amides is 2. The summed E-state index contributed by atoms with van der Waals surface area (Å²) >= 11 is 0. The lowest BCUT2D eigenvalue weighted by molar-refractivity contribution is -0.139. The van der Waals surface area contributed by atoms with E-state index in [2.05, 4.69) is 0 Å². The third-order valence-electron chi connectivity index (χ3n) is 5.07. The molecule has 8 nitrogen and oxygen atoms in total. The number of fused-ring (bicyclic) bond motifs is 1. The van der Waals surface area contributed by atoms with E-state index in [-0.39, 0.29) is 11.3 Å². The molecular formula is C24H18N2O6. The van der Waals surface area contributed by atoms with Crippen LogP contribution in [0, 0.1) is 0 Å². The van der Waals surface area contributed by atoms with Crippen LogP contribution in [-0.2, 0) is 19.1 Å². The van der Waals surface area contributed by atoms with Crippen molar-refractivity contribution >= 4 is 35.1 Å². The molecule has 2 aromatic rings. The van der Waals surface area contributed by atoms with Gasteiger partial charge in [-0.2, -0.15) is 0 Å². The molecule has 0 fully saturated rings. The van der Waals surface area contributed by atoms with Crippen LogP contribution < -0.4 is 9.80 Å². The number of carbonyl (C=O) groups excluding carboxylic acids is 4. The molecule has 2 aliphatic rings. The largest absolute Gasteiger partial charge is 0.465 e. The molecule has 160 valence electrons. The fourth-order valence-electron chi connectivity index (χ4n) is 3.55. The van der Waals surface area contributed by atoms with Crippen LogP contribution in [0.3, 0.4) is 0 Å². The molecular weight excluding hydrogens is 412 g/mol. The third-order valence-corrected chi connectivity index (χ3v) is 5.07. The standard InChI is InChI=1S/C24H18N2O6/c1-31-23(29)19-9-5-6-14-25(20(19)24(30)32-2)15-10-12-16(13-11-15)26-21(27)17-7-3-4-8-18(17)22(26)28/h3-14H,1-2H3. The number of imide groups is 1. The van der Waals surface area contributed by atoms with E-state index in [4.69, 9.17) is 9.47 Å². The van der Waals surface area contributed by atoms with Crippen molar-refractivity contribution in [3.63, 3.8) is 0 Å². The number of nitrogens with zero attached hydrogens (tertiary/aromatic N) is 2. The molecule has 0 saturated heterocycles. The van der Waals surface area contributed by atoms with E-state index in [1.54, 1.807) is 66.9 Å². The molecule has 0 aliphatic carbocycles. The molecule has 0 spiro atoms. The zero-order chi connectivity index (χ0) is 22.8. The summed E-state index contributed by atoms with van der Waals surface area (Å²) in [5.74, 6) is -2.23. The van der Waals surface area contributed by atoms with Gasteiger partial charge in [-0.3, -0.25) is 9.59 Å². The summed E-state index contributed by atoms with van der Waals surface area (Å²) in [4.78, 5) is 52.8. The summed E-state index contributed by atoms with van der Waals surface area (Å²) in [6.45, 7) is 0. The molecule has 0 bridgehead atoms. The lowest BCUT2D eigenvalue weighted by Gasteiger charge is -2.24. The van der Waals surface area contributed by atoms with E-state index in [0.29, 0.717) is 22.5 Å². The van der Waals surface area contributed by atoms with E-state index in [1.807, 2.05) is 0 Å². The topological polar surface area (TPSA) is 93.2 Å². The Labute approximate surface area is 183 Å². The Bertz CT molecular complexity index is 1190. The first kappa shape index (κ1) is 20.8. The highest BCUT2D eigenvalue weighted by Gasteiger charge is 2.36. The number of hydrogen-bond acceptors (Lipinski definition) is 7. The Morgan fingerprint density at radius 2 is 1.31 bits per heavy atom. The highest BCUT2D eigenvalue weighted by atomic mass is 16.5. The quantitative estimate of drug-likeness (QED) is 0.544. The number of carbonyl (C=O) groups is 4. The highest BCUT2D eigenvalue weighted by Crippen LogP contribution is 2.32. The average Bonchev–Trinajstić information content (AvgIpc) is 2.97. The van der Waals surface area contributed by atoms with Gasteiger partial charge in [0.15, 0.2) is 0 Å². The van der Waals surface area contributed by atoms with Crippen LogP contribution >= 0.6 is 0 Å². The maximum Gasteiger partial charge on any atom is 0.355 e. The zero-order valence-corrected chi connectivity index (χ0v) is 17.3. The molecule has 2 aromatic carbocycles. The lowest BCUT2D eigenvalue weighted by Crippen LogP contribution is -2.29. The number of rotatable bonds is 4. The van der Waals surface area contributed by atoms with E-state index in [1.165, 1.54) is 25.2 Å². The molecule has 32 heavy (non-hydrogen) atoms. The van der Waals surface area contributed by atoms with E-state index < -0.39 is 23.8 Å². The van der Waals surface area contributed by atoms with Gasteiger partial charge >= 0.3 is 11.9 Å². The Kier molecular flexibility index (Phi) is 5.43. The molecule has 4 rings (SSSR count). The molecule has 0 N–H and O–H groups in total. The molecule has 2 amide bonds. The molecule has 0 aromatic heterocycles. The van der Waals surface area contributed by atoms with Gasteiger partial charge in [-0.15, -0.1) is 0 Å². The van der Waals surface area contributed by atoms with Gasteiger partial charge in [-0.1, -0.05) is 18.2 Å². The van der Waals surface area contributed by atoms with Crippen molar-refractivity contribution in [2.24, 2.45) is 0 Å². The number of methoxy groups -OCH3 is 2. The van der Waals surface area contributed by atoms with Gasteiger partial charge in [0.25, 0.3) is 11.8 Å². The predicted octanol–water partition coefficient (Wildman–Crippen LogP) is 2.98. The SMILES string of the molecule is COC(=O)C1=C(C(=O)OC)N(c2ccc(N3C(=O)c4ccccc4C3=O)cc2)C=CC=C1. The van der Waals surface area contributed by atoms with Gasteiger partial charge < -0.3 is 14.4 Å². The average molecular weight is 430 g/mol. The minimum atomic E-state index is -0.731. The minimum Gasteiger partial charge on any atom is -0.465 e. The monoisotopic (exact) mass is 430 g/mol. The fourth-order valence-corrected chi connectivity index (χ4v) is 3.55. The van der Waals surface area contributed by atoms with Crippen molar-refractivity contribution in [1.82, 2.24) is 0 Å². The molecule has 0 saturated carbocycles. The first-order valence-electron chi connectivity index (χ1n) is 9.60. The van der Waals surface area contributed by atoms with Crippen LogP contribution in [0.1, 0.15) is 20.7 Å². The summed E-state index contributed by atoms with van der Waals surface area (Å²) in [7, 11) is 2.43. The van der Waals surface area contributed by atoms with Crippen LogP contribution in [0.4, 0.5) is 11.4 Å². The summed E-state index contributed by atoms with van der Waals surface area (Å²) < 4.78 is 9.68. The van der Waals surface area contributed by atoms with Gasteiger partial charge in [0.2, 0.25) is 0 Å². The molecule has 0 unspecified atom stereocenters. The Morgan fingerprint density at radius 1 is 0.750 bits per heavy atom. The fraction of sp³-hybridized carbons (Fsp3) is 0.0833. The molecule has 2 heterocycles. The number of ether oxygens (including phenoxy) is 2. The van der Waals surface area contributed by atoms with Crippen molar-refractivity contribution in [2.45, 2.75) is 0 Å². The Hall–Kier alpha value is -4.46.